The smallest absolute Gasteiger partial charge is 0.161 e. The van der Waals surface area contributed by atoms with Gasteiger partial charge in [-0.15, -0.1) is 0 Å². The number of H-pyrrole nitrogens is 1. The van der Waals surface area contributed by atoms with E-state index < -0.39 is 30.5 Å². The number of phenolic OH excluding ortho intramolecular Hbond substituents is 1. The quantitative estimate of drug-likeness (QED) is 0.134. The lowest BCUT2D eigenvalue weighted by Gasteiger charge is -2.43. The number of aliphatic hydroxyl groups is 4. The average Bonchev–Trinajstić information content (AvgIpc) is 3.61. The molecule has 0 amide bonds. The van der Waals surface area contributed by atoms with Crippen LogP contribution in [0, 0.1) is 47.3 Å². The Balaban J connectivity index is 1.26. The summed E-state index contributed by atoms with van der Waals surface area (Å²) in [6.45, 7) is 4.97. The van der Waals surface area contributed by atoms with Crippen molar-refractivity contribution < 1.29 is 30.3 Å². The highest BCUT2D eigenvalue weighted by molar-refractivity contribution is 5.53. The van der Waals surface area contributed by atoms with Gasteiger partial charge in [0, 0.05) is 48.0 Å². The summed E-state index contributed by atoms with van der Waals surface area (Å²) in [6.07, 6.45) is 12.3. The number of aromatic hydroxyl groups is 1. The zero-order valence-electron chi connectivity index (χ0n) is 31.3. The first-order valence-corrected chi connectivity index (χ1v) is 20.2. The Morgan fingerprint density at radius 1 is 0.981 bits per heavy atom. The van der Waals surface area contributed by atoms with Crippen molar-refractivity contribution in [2.45, 2.75) is 121 Å². The molecule has 12 atom stereocenters. The van der Waals surface area contributed by atoms with Crippen molar-refractivity contribution in [2.75, 3.05) is 6.54 Å². The van der Waals surface area contributed by atoms with E-state index in [1.807, 2.05) is 30.5 Å². The Kier molecular flexibility index (Phi) is 11.6. The minimum Gasteiger partial charge on any atom is -0.504 e. The Labute approximate surface area is 314 Å². The second kappa shape index (κ2) is 16.4. The van der Waals surface area contributed by atoms with Gasteiger partial charge in [-0.25, -0.2) is 0 Å². The lowest BCUT2D eigenvalue weighted by atomic mass is 9.70. The van der Waals surface area contributed by atoms with Crippen LogP contribution < -0.4 is 15.8 Å². The summed E-state index contributed by atoms with van der Waals surface area (Å²) in [7, 11) is 0. The summed E-state index contributed by atoms with van der Waals surface area (Å²) >= 11 is 0. The number of aromatic amines is 1. The monoisotopic (exact) mass is 725 g/mol. The van der Waals surface area contributed by atoms with E-state index in [-0.39, 0.29) is 47.0 Å². The van der Waals surface area contributed by atoms with Gasteiger partial charge < -0.3 is 46.3 Å². The van der Waals surface area contributed by atoms with Crippen molar-refractivity contribution in [1.82, 2.24) is 10.3 Å². The summed E-state index contributed by atoms with van der Waals surface area (Å²) in [5.74, 6) is 7.43. The van der Waals surface area contributed by atoms with Crippen LogP contribution in [0.2, 0.25) is 0 Å². The van der Waals surface area contributed by atoms with E-state index in [0.717, 1.165) is 60.9 Å². The number of benzene rings is 1. The Morgan fingerprint density at radius 3 is 2.57 bits per heavy atom. The molecule has 7 rings (SSSR count). The number of nitrogens with two attached hydrogens (primary N) is 1. The van der Waals surface area contributed by atoms with Gasteiger partial charge in [0.25, 0.3) is 0 Å². The average molecular weight is 726 g/mol. The Bertz CT molecular complexity index is 1740. The number of allylic oxidation sites excluding steroid dienone is 4. The largest absolute Gasteiger partial charge is 0.504 e. The normalized spacial score (nSPS) is 34.9. The van der Waals surface area contributed by atoms with Crippen LogP contribution in [0.5, 0.6) is 11.5 Å². The van der Waals surface area contributed by atoms with Gasteiger partial charge in [0.15, 0.2) is 11.5 Å². The van der Waals surface area contributed by atoms with E-state index in [1.165, 1.54) is 5.57 Å². The molecule has 1 saturated carbocycles. The number of ether oxygens (including phenoxy) is 1. The van der Waals surface area contributed by atoms with Gasteiger partial charge in [-0.05, 0) is 117 Å². The maximum absolute atomic E-state index is 11.9. The molecule has 4 aliphatic carbocycles. The third kappa shape index (κ3) is 7.93. The summed E-state index contributed by atoms with van der Waals surface area (Å²) < 4.78 is 6.74. The predicted molar refractivity (Wildman–Crippen MR) is 206 cm³/mol. The van der Waals surface area contributed by atoms with Crippen LogP contribution in [0.15, 0.2) is 65.7 Å². The molecule has 1 fully saturated rings. The van der Waals surface area contributed by atoms with Crippen molar-refractivity contribution in [1.29, 1.82) is 0 Å². The molecule has 2 aromatic rings. The van der Waals surface area contributed by atoms with Crippen LogP contribution in [-0.2, 0) is 12.8 Å². The number of aliphatic hydroxyl groups excluding tert-OH is 4. The minimum atomic E-state index is -1.17. The Hall–Kier alpha value is -3.68. The fourth-order valence-electron chi connectivity index (χ4n) is 10.1. The molecule has 0 bridgehead atoms. The number of hydrogen-bond acceptors (Lipinski definition) is 8. The van der Waals surface area contributed by atoms with Gasteiger partial charge in [-0.3, -0.25) is 0 Å². The molecular weight excluding hydrogens is 666 g/mol. The second-order valence-electron chi connectivity index (χ2n) is 16.3. The number of rotatable bonds is 8. The van der Waals surface area contributed by atoms with Crippen molar-refractivity contribution in [3.05, 3.63) is 82.5 Å². The molecular formula is C44H59N3O6. The molecule has 0 unspecified atom stereocenters. The summed E-state index contributed by atoms with van der Waals surface area (Å²) in [5, 5.41) is 60.7. The van der Waals surface area contributed by atoms with Crippen LogP contribution in [-0.4, -0.2) is 67.6 Å². The number of aromatic nitrogens is 1. The number of dihydropyridines is 1. The lowest BCUT2D eigenvalue weighted by Crippen LogP contribution is -2.52. The van der Waals surface area contributed by atoms with Gasteiger partial charge >= 0.3 is 0 Å². The maximum Gasteiger partial charge on any atom is 0.161 e. The van der Waals surface area contributed by atoms with Crippen molar-refractivity contribution in [3.8, 4) is 23.3 Å². The molecule has 5 aliphatic rings. The fourth-order valence-corrected chi connectivity index (χ4v) is 10.1. The Morgan fingerprint density at radius 2 is 1.81 bits per heavy atom. The standard InChI is InChI=1S/C44H59N3O6/c1-3-25-8-5-6-10-36(48)42-28(12-11-25)19-32-26(4-2)18-29-20-38(50)40(24-34(29)35(32)23-39(42)51)53-44-31(13-14-37(49)43(44)52)33(22-30-9-7-16-46-30)27-15-17-47-41(45)21-27/h7,9,15-16,19-21,24-26,28,31,33,35-37,39,42-44,46-52H,3-6,8,10,13-14,17-18,22-23,45H2,1-2H3/t25-,26+,28-,31+,33+,35+,36-,37-,39+,42+,43-,44+/m0/s1. The van der Waals surface area contributed by atoms with Crippen LogP contribution in [0.1, 0.15) is 94.4 Å². The molecule has 0 saturated heterocycles. The molecule has 53 heavy (non-hydrogen) atoms. The first-order chi connectivity index (χ1) is 25.6. The van der Waals surface area contributed by atoms with Gasteiger partial charge in [0.2, 0.25) is 0 Å². The lowest BCUT2D eigenvalue weighted by molar-refractivity contribution is -0.108. The third-order valence-electron chi connectivity index (χ3n) is 13.1. The molecule has 1 aromatic heterocycles. The van der Waals surface area contributed by atoms with E-state index in [2.05, 4.69) is 48.1 Å². The van der Waals surface area contributed by atoms with Gasteiger partial charge in [-0.2, -0.15) is 0 Å². The van der Waals surface area contributed by atoms with E-state index in [4.69, 9.17) is 10.5 Å². The molecule has 286 valence electrons. The maximum atomic E-state index is 11.9. The summed E-state index contributed by atoms with van der Waals surface area (Å²) in [6, 6.07) is 7.73. The molecule has 0 radical (unpaired) electrons. The van der Waals surface area contributed by atoms with Crippen LogP contribution in [0.25, 0.3) is 0 Å². The van der Waals surface area contributed by atoms with Crippen molar-refractivity contribution in [3.63, 3.8) is 0 Å². The molecule has 1 aromatic carbocycles. The van der Waals surface area contributed by atoms with Crippen LogP contribution >= 0.6 is 0 Å². The van der Waals surface area contributed by atoms with E-state index in [0.29, 0.717) is 50.4 Å². The molecule has 9 heteroatoms. The fraction of sp³-hybridized carbons (Fsp3) is 0.591. The highest BCUT2D eigenvalue weighted by Gasteiger charge is 2.46. The molecule has 2 heterocycles. The summed E-state index contributed by atoms with van der Waals surface area (Å²) in [4.78, 5) is 3.33. The highest BCUT2D eigenvalue weighted by atomic mass is 16.5. The van der Waals surface area contributed by atoms with Gasteiger partial charge in [-0.1, -0.05) is 56.3 Å². The van der Waals surface area contributed by atoms with Gasteiger partial charge in [0.05, 0.1) is 24.1 Å². The highest BCUT2D eigenvalue weighted by Crippen LogP contribution is 2.51. The zero-order chi connectivity index (χ0) is 37.2. The second-order valence-corrected chi connectivity index (χ2v) is 16.3. The predicted octanol–water partition coefficient (Wildman–Crippen LogP) is 5.34. The van der Waals surface area contributed by atoms with Gasteiger partial charge in [0.1, 0.15) is 12.2 Å². The topological polar surface area (TPSA) is 164 Å². The molecule has 1 aliphatic heterocycles. The third-order valence-corrected chi connectivity index (χ3v) is 13.1. The number of hydrogen-bond donors (Lipinski definition) is 8. The van der Waals surface area contributed by atoms with E-state index >= 15 is 0 Å². The van der Waals surface area contributed by atoms with Crippen LogP contribution in [0.4, 0.5) is 0 Å². The zero-order valence-corrected chi connectivity index (χ0v) is 31.3. The SMILES string of the molecule is CC[C@@H]1C#C[C@H]2C=C3[C@H](CC)Cc4cc(O)c(O[C@H]5[C@@H](O)[C@@H](O)CC[C@@H]5[C@H](Cc5ccc[nH]5)C5=CCNC(N)=C5)cc4[C@@H]3C[C@@H](O)[C@H]2[C@@H](O)CCCC1. The number of fused-ring (bicyclic) bond motifs is 4. The number of nitrogens with one attached hydrogen (secondary N) is 2. The van der Waals surface area contributed by atoms with Crippen molar-refractivity contribution in [2.24, 2.45) is 41.2 Å². The van der Waals surface area contributed by atoms with Crippen molar-refractivity contribution >= 4 is 0 Å². The first kappa shape index (κ1) is 37.6. The van der Waals surface area contributed by atoms with Crippen LogP contribution in [0.3, 0.4) is 0 Å². The van der Waals surface area contributed by atoms with E-state index in [9.17, 15) is 25.5 Å². The first-order valence-electron chi connectivity index (χ1n) is 20.2. The van der Waals surface area contributed by atoms with E-state index in [1.54, 1.807) is 6.07 Å². The number of phenols is 1. The minimum absolute atomic E-state index is 0.00148. The molecule has 9 nitrogen and oxygen atoms in total. The molecule has 9 N–H and O–H groups in total. The molecule has 0 spiro atoms. The summed E-state index contributed by atoms with van der Waals surface area (Å²) in [5.41, 5.74) is 11.6.